The lowest BCUT2D eigenvalue weighted by Crippen LogP contribution is -2.35. The van der Waals surface area contributed by atoms with Gasteiger partial charge in [-0.15, -0.1) is 0 Å². The Bertz CT molecular complexity index is 1250. The third kappa shape index (κ3) is 4.28. The first kappa shape index (κ1) is 20.4. The van der Waals surface area contributed by atoms with Crippen LogP contribution in [0.2, 0.25) is 5.02 Å². The van der Waals surface area contributed by atoms with E-state index < -0.39 is 0 Å². The molecule has 0 spiro atoms. The minimum Gasteiger partial charge on any atom is -0.393 e. The zero-order valence-electron chi connectivity index (χ0n) is 17.3. The van der Waals surface area contributed by atoms with Gasteiger partial charge in [0.15, 0.2) is 11.5 Å². The lowest BCUT2D eigenvalue weighted by Gasteiger charge is -2.31. The maximum atomic E-state index is 9.67. The Balaban J connectivity index is 1.30. The highest BCUT2D eigenvalue weighted by Gasteiger charge is 2.17. The number of aliphatic hydroxyl groups excluding tert-OH is 1. The molecule has 4 aromatic rings. The van der Waals surface area contributed by atoms with Gasteiger partial charge in [-0.1, -0.05) is 29.8 Å². The van der Waals surface area contributed by atoms with Crippen LogP contribution in [0.1, 0.15) is 18.4 Å². The number of aromatic nitrogens is 4. The van der Waals surface area contributed by atoms with Crippen molar-refractivity contribution in [2.24, 2.45) is 5.10 Å². The lowest BCUT2D eigenvalue weighted by atomic mass is 10.1. The van der Waals surface area contributed by atoms with Gasteiger partial charge < -0.3 is 10.0 Å². The second kappa shape index (κ2) is 8.94. The van der Waals surface area contributed by atoms with E-state index in [0.717, 1.165) is 48.3 Å². The van der Waals surface area contributed by atoms with E-state index in [2.05, 4.69) is 42.6 Å². The molecule has 1 aliphatic rings. The maximum Gasteiger partial charge on any atom is 0.168 e. The Morgan fingerprint density at radius 2 is 1.88 bits per heavy atom. The van der Waals surface area contributed by atoms with E-state index >= 15 is 0 Å². The largest absolute Gasteiger partial charge is 0.393 e. The first-order valence-electron chi connectivity index (χ1n) is 10.4. The van der Waals surface area contributed by atoms with Crippen LogP contribution in [0, 0.1) is 0 Å². The van der Waals surface area contributed by atoms with Crippen LogP contribution < -0.4 is 10.3 Å². The molecule has 3 heterocycles. The molecule has 8 nitrogen and oxygen atoms in total. The number of hydrogen-bond donors (Lipinski definition) is 2. The standard InChI is InChI=1S/C23H22ClN7O/c24-17-2-1-3-19(12-17)31-23-21(14-28-31)22(25-15-26-23)29-27-13-16-4-6-18(7-5-16)30-10-8-20(32)9-11-30/h1-7,12-15,20,32H,8-11H2,(H,25,26,29)/b27-13+. The second-order valence-electron chi connectivity index (χ2n) is 7.68. The van der Waals surface area contributed by atoms with Crippen molar-refractivity contribution < 1.29 is 5.11 Å². The monoisotopic (exact) mass is 447 g/mol. The van der Waals surface area contributed by atoms with Crippen molar-refractivity contribution in [3.63, 3.8) is 0 Å². The summed E-state index contributed by atoms with van der Waals surface area (Å²) in [5.74, 6) is 0.572. The molecule has 0 aliphatic carbocycles. The third-order valence-corrected chi connectivity index (χ3v) is 5.76. The first-order chi connectivity index (χ1) is 15.7. The van der Waals surface area contributed by atoms with Crippen molar-refractivity contribution in [3.8, 4) is 5.69 Å². The minimum atomic E-state index is -0.172. The van der Waals surface area contributed by atoms with Crippen molar-refractivity contribution in [2.75, 3.05) is 23.4 Å². The fourth-order valence-electron chi connectivity index (χ4n) is 3.79. The molecule has 2 N–H and O–H groups in total. The van der Waals surface area contributed by atoms with E-state index in [1.165, 1.54) is 6.33 Å². The van der Waals surface area contributed by atoms with Crippen molar-refractivity contribution >= 4 is 40.4 Å². The quantitative estimate of drug-likeness (QED) is 0.356. The van der Waals surface area contributed by atoms with Crippen LogP contribution in [0.15, 0.2) is 66.2 Å². The molecule has 1 fully saturated rings. The van der Waals surface area contributed by atoms with Crippen LogP contribution >= 0.6 is 11.6 Å². The van der Waals surface area contributed by atoms with E-state index in [9.17, 15) is 5.11 Å². The Morgan fingerprint density at radius 3 is 2.66 bits per heavy atom. The van der Waals surface area contributed by atoms with E-state index in [4.69, 9.17) is 11.6 Å². The highest BCUT2D eigenvalue weighted by molar-refractivity contribution is 6.30. The van der Waals surface area contributed by atoms with Gasteiger partial charge in [0.2, 0.25) is 0 Å². The molecule has 0 amide bonds. The van der Waals surface area contributed by atoms with E-state index in [1.807, 2.05) is 36.4 Å². The molecule has 1 saturated heterocycles. The number of halogens is 1. The summed E-state index contributed by atoms with van der Waals surface area (Å²) >= 11 is 6.11. The van der Waals surface area contributed by atoms with Crippen LogP contribution in [-0.4, -0.2) is 50.3 Å². The Morgan fingerprint density at radius 1 is 1.06 bits per heavy atom. The molecule has 32 heavy (non-hydrogen) atoms. The summed E-state index contributed by atoms with van der Waals surface area (Å²) < 4.78 is 1.72. The van der Waals surface area contributed by atoms with Crippen molar-refractivity contribution in [3.05, 3.63) is 71.6 Å². The lowest BCUT2D eigenvalue weighted by molar-refractivity contribution is 0.145. The van der Waals surface area contributed by atoms with Crippen LogP contribution in [-0.2, 0) is 0 Å². The molecule has 0 bridgehead atoms. The highest BCUT2D eigenvalue weighted by Crippen LogP contribution is 2.23. The zero-order chi connectivity index (χ0) is 21.9. The van der Waals surface area contributed by atoms with Crippen LogP contribution in [0.4, 0.5) is 11.5 Å². The minimum absolute atomic E-state index is 0.172. The van der Waals surface area contributed by atoms with Crippen molar-refractivity contribution in [1.29, 1.82) is 0 Å². The van der Waals surface area contributed by atoms with Gasteiger partial charge in [0.05, 0.1) is 29.6 Å². The molecule has 0 radical (unpaired) electrons. The van der Waals surface area contributed by atoms with Gasteiger partial charge >= 0.3 is 0 Å². The topological polar surface area (TPSA) is 91.5 Å². The molecule has 2 aromatic carbocycles. The molecule has 162 valence electrons. The number of fused-ring (bicyclic) bond motifs is 1. The highest BCUT2D eigenvalue weighted by atomic mass is 35.5. The van der Waals surface area contributed by atoms with Crippen molar-refractivity contribution in [2.45, 2.75) is 18.9 Å². The van der Waals surface area contributed by atoms with E-state index in [-0.39, 0.29) is 6.10 Å². The molecular formula is C23H22ClN7O. The number of hydrogen-bond acceptors (Lipinski definition) is 7. The van der Waals surface area contributed by atoms with Gasteiger partial charge in [-0.05, 0) is 48.7 Å². The third-order valence-electron chi connectivity index (χ3n) is 5.53. The average Bonchev–Trinajstić information content (AvgIpc) is 3.25. The molecule has 1 aliphatic heterocycles. The summed E-state index contributed by atoms with van der Waals surface area (Å²) in [6.07, 6.45) is 6.39. The Kier molecular flexibility index (Phi) is 5.70. The summed E-state index contributed by atoms with van der Waals surface area (Å²) in [5, 5.41) is 19.8. The predicted octanol–water partition coefficient (Wildman–Crippen LogP) is 3.88. The number of nitrogens with one attached hydrogen (secondary N) is 1. The van der Waals surface area contributed by atoms with E-state index in [0.29, 0.717) is 16.5 Å². The number of piperidine rings is 1. The molecular weight excluding hydrogens is 426 g/mol. The molecule has 9 heteroatoms. The molecule has 2 aromatic heterocycles. The fraction of sp³-hybridized carbons (Fsp3) is 0.217. The Labute approximate surface area is 190 Å². The molecule has 0 atom stereocenters. The van der Waals surface area contributed by atoms with Crippen LogP contribution in [0.25, 0.3) is 16.7 Å². The Hall–Kier alpha value is -3.49. The zero-order valence-corrected chi connectivity index (χ0v) is 18.0. The van der Waals surface area contributed by atoms with Gasteiger partial charge in [-0.3, -0.25) is 5.43 Å². The average molecular weight is 448 g/mol. The van der Waals surface area contributed by atoms with Gasteiger partial charge in [-0.25, -0.2) is 14.6 Å². The summed E-state index contributed by atoms with van der Waals surface area (Å²) in [5.41, 5.74) is 6.61. The number of aliphatic hydroxyl groups is 1. The molecule has 0 unspecified atom stereocenters. The smallest absolute Gasteiger partial charge is 0.168 e. The van der Waals surface area contributed by atoms with Gasteiger partial charge in [-0.2, -0.15) is 10.2 Å². The van der Waals surface area contributed by atoms with Gasteiger partial charge in [0.25, 0.3) is 0 Å². The maximum absolute atomic E-state index is 9.67. The SMILES string of the molecule is OC1CCN(c2ccc(/C=N/Nc3ncnc4c3cnn4-c3cccc(Cl)c3)cc2)CC1. The summed E-state index contributed by atoms with van der Waals surface area (Å²) in [7, 11) is 0. The summed E-state index contributed by atoms with van der Waals surface area (Å²) in [6.45, 7) is 1.76. The predicted molar refractivity (Wildman–Crippen MR) is 127 cm³/mol. The number of nitrogens with zero attached hydrogens (tertiary/aromatic N) is 6. The number of rotatable bonds is 5. The summed E-state index contributed by atoms with van der Waals surface area (Å²) in [4.78, 5) is 11.0. The fourth-order valence-corrected chi connectivity index (χ4v) is 3.98. The van der Waals surface area contributed by atoms with E-state index in [1.54, 1.807) is 17.1 Å². The van der Waals surface area contributed by atoms with Crippen molar-refractivity contribution in [1.82, 2.24) is 19.7 Å². The second-order valence-corrected chi connectivity index (χ2v) is 8.11. The van der Waals surface area contributed by atoms with Gasteiger partial charge in [0.1, 0.15) is 6.33 Å². The van der Waals surface area contributed by atoms with Crippen LogP contribution in [0.3, 0.4) is 0 Å². The number of hydrazone groups is 1. The first-order valence-corrected chi connectivity index (χ1v) is 10.8. The number of anilines is 2. The molecule has 0 saturated carbocycles. The summed E-state index contributed by atoms with van der Waals surface area (Å²) in [6, 6.07) is 15.6. The van der Waals surface area contributed by atoms with Crippen LogP contribution in [0.5, 0.6) is 0 Å². The van der Waals surface area contributed by atoms with Gasteiger partial charge in [0, 0.05) is 23.8 Å². The number of benzene rings is 2. The normalized spacial score (nSPS) is 15.0. The molecule has 5 rings (SSSR count).